The van der Waals surface area contributed by atoms with Gasteiger partial charge in [0.2, 0.25) is 0 Å². The van der Waals surface area contributed by atoms with Crippen molar-refractivity contribution in [1.29, 1.82) is 0 Å². The van der Waals surface area contributed by atoms with Gasteiger partial charge >= 0.3 is 71.2 Å². The molecule has 2 aliphatic rings. The van der Waals surface area contributed by atoms with E-state index in [0.29, 0.717) is 0 Å². The molecule has 0 aliphatic heterocycles. The Labute approximate surface area is 229 Å². The van der Waals surface area contributed by atoms with E-state index in [-0.39, 0.29) is 12.2 Å². The second-order valence-corrected chi connectivity index (χ2v) is 8.71. The van der Waals surface area contributed by atoms with Gasteiger partial charge in [0.05, 0.1) is 0 Å². The van der Waals surface area contributed by atoms with Crippen LogP contribution in [0.15, 0.2) is 25.3 Å². The van der Waals surface area contributed by atoms with Crippen molar-refractivity contribution in [3.63, 3.8) is 0 Å². The predicted octanol–water partition coefficient (Wildman–Crippen LogP) is 7.04. The first-order valence-electron chi connectivity index (χ1n) is 10.5. The van der Waals surface area contributed by atoms with Gasteiger partial charge in [-0.1, -0.05) is 13.2 Å². The van der Waals surface area contributed by atoms with Crippen LogP contribution in [-0.4, -0.2) is 84.4 Å². The second-order valence-electron chi connectivity index (χ2n) is 8.71. The SMILES string of the molecule is C=CC(=O)OCC1C(F)(F)C(F)(F)C(F)(F)C(F)(F)C1(F)F.C=CC(=O)OCC1C(F)(F)C(F)(F)C(F)(F)C(F)(F)C1(F)F. The molecule has 2 fully saturated rings. The van der Waals surface area contributed by atoms with Gasteiger partial charge in [-0.3, -0.25) is 0 Å². The molecule has 0 bridgehead atoms. The molecule has 44 heavy (non-hydrogen) atoms. The quantitative estimate of drug-likeness (QED) is 0.170. The van der Waals surface area contributed by atoms with E-state index < -0.39 is 96.2 Å². The molecule has 256 valence electrons. The maximum absolute atomic E-state index is 13.3. The van der Waals surface area contributed by atoms with Gasteiger partial charge in [-0.15, -0.1) is 0 Å². The molecular formula is C20H12F20O4. The molecular weight excluding hydrogens is 684 g/mol. The number of esters is 2. The van der Waals surface area contributed by atoms with Gasteiger partial charge in [0, 0.05) is 12.2 Å². The fourth-order valence-corrected chi connectivity index (χ4v) is 3.43. The lowest BCUT2D eigenvalue weighted by atomic mass is 9.75. The van der Waals surface area contributed by atoms with Crippen LogP contribution in [0.3, 0.4) is 0 Å². The van der Waals surface area contributed by atoms with Crippen LogP contribution >= 0.6 is 0 Å². The van der Waals surface area contributed by atoms with Gasteiger partial charge in [-0.05, 0) is 0 Å². The number of rotatable bonds is 6. The Morgan fingerprint density at radius 2 is 0.614 bits per heavy atom. The highest BCUT2D eigenvalue weighted by Gasteiger charge is 2.96. The van der Waals surface area contributed by atoms with Crippen LogP contribution in [0, 0.1) is 11.8 Å². The van der Waals surface area contributed by atoms with E-state index in [4.69, 9.17) is 0 Å². The third-order valence-corrected chi connectivity index (χ3v) is 6.12. The number of hydrogen-bond donors (Lipinski definition) is 0. The van der Waals surface area contributed by atoms with E-state index in [1.807, 2.05) is 0 Å². The Bertz CT molecular complexity index is 996. The molecule has 0 radical (unpaired) electrons. The summed E-state index contributed by atoms with van der Waals surface area (Å²) >= 11 is 0. The van der Waals surface area contributed by atoms with Crippen molar-refractivity contribution in [1.82, 2.24) is 0 Å². The van der Waals surface area contributed by atoms with Crippen molar-refractivity contribution < 1.29 is 107 Å². The second kappa shape index (κ2) is 10.8. The van der Waals surface area contributed by atoms with Gasteiger partial charge in [0.1, 0.15) is 25.0 Å². The van der Waals surface area contributed by atoms with Crippen LogP contribution in [-0.2, 0) is 19.1 Å². The zero-order valence-electron chi connectivity index (χ0n) is 20.3. The lowest BCUT2D eigenvalue weighted by molar-refractivity contribution is -0.465. The van der Waals surface area contributed by atoms with Gasteiger partial charge < -0.3 is 9.47 Å². The van der Waals surface area contributed by atoms with Crippen molar-refractivity contribution in [2.45, 2.75) is 59.2 Å². The summed E-state index contributed by atoms with van der Waals surface area (Å²) in [6, 6.07) is 0. The molecule has 0 amide bonds. The highest BCUT2D eigenvalue weighted by atomic mass is 19.4. The van der Waals surface area contributed by atoms with Gasteiger partial charge in [-0.2, -0.15) is 87.8 Å². The van der Waals surface area contributed by atoms with Gasteiger partial charge in [-0.25, -0.2) is 9.59 Å². The largest absolute Gasteiger partial charge is 0.462 e. The molecule has 0 atom stereocenters. The van der Waals surface area contributed by atoms with Gasteiger partial charge in [0.15, 0.2) is 0 Å². The number of carbonyl (C=O) groups is 2. The molecule has 24 heteroatoms. The number of hydrogen-bond acceptors (Lipinski definition) is 4. The predicted molar refractivity (Wildman–Crippen MR) is 98.8 cm³/mol. The van der Waals surface area contributed by atoms with E-state index in [2.05, 4.69) is 22.6 Å². The number of alkyl halides is 20. The molecule has 2 rings (SSSR count). The van der Waals surface area contributed by atoms with E-state index in [1.165, 1.54) is 0 Å². The summed E-state index contributed by atoms with van der Waals surface area (Å²) in [4.78, 5) is 21.1. The minimum Gasteiger partial charge on any atom is -0.462 e. The molecule has 0 heterocycles. The number of carbonyl (C=O) groups excluding carboxylic acids is 2. The van der Waals surface area contributed by atoms with Crippen LogP contribution < -0.4 is 0 Å². The fourth-order valence-electron chi connectivity index (χ4n) is 3.43. The normalized spacial score (nSPS) is 27.9. The maximum Gasteiger partial charge on any atom is 0.384 e. The topological polar surface area (TPSA) is 52.6 Å². The van der Waals surface area contributed by atoms with Crippen molar-refractivity contribution in [3.05, 3.63) is 25.3 Å². The first kappa shape index (κ1) is 39.0. The van der Waals surface area contributed by atoms with Gasteiger partial charge in [0.25, 0.3) is 0 Å². The van der Waals surface area contributed by atoms with Crippen molar-refractivity contribution in [2.75, 3.05) is 13.2 Å². The minimum atomic E-state index is -7.02. The third-order valence-electron chi connectivity index (χ3n) is 6.12. The zero-order valence-corrected chi connectivity index (χ0v) is 20.3. The molecule has 2 aliphatic carbocycles. The number of ether oxygens (including phenoxy) is 2. The smallest absolute Gasteiger partial charge is 0.384 e. The van der Waals surface area contributed by atoms with Crippen LogP contribution in [0.4, 0.5) is 87.8 Å². The van der Waals surface area contributed by atoms with E-state index in [1.54, 1.807) is 0 Å². The van der Waals surface area contributed by atoms with Crippen molar-refractivity contribution >= 4 is 11.9 Å². The zero-order chi connectivity index (χ0) is 35.6. The summed E-state index contributed by atoms with van der Waals surface area (Å²) < 4.78 is 269. The van der Waals surface area contributed by atoms with Crippen LogP contribution in [0.2, 0.25) is 0 Å². The Balaban J connectivity index is 0.000000440. The lowest BCUT2D eigenvalue weighted by Crippen LogP contribution is -2.78. The molecule has 0 aromatic rings. The van der Waals surface area contributed by atoms with E-state index >= 15 is 0 Å². The van der Waals surface area contributed by atoms with E-state index in [9.17, 15) is 97.4 Å². The summed E-state index contributed by atoms with van der Waals surface area (Å²) in [6.45, 7) is 0.741. The average Bonchev–Trinajstić information content (AvgIpc) is 2.86. The van der Waals surface area contributed by atoms with Crippen molar-refractivity contribution in [2.24, 2.45) is 11.8 Å². The Hall–Kier alpha value is -2.98. The van der Waals surface area contributed by atoms with Crippen molar-refractivity contribution in [3.8, 4) is 0 Å². The highest BCUT2D eigenvalue weighted by molar-refractivity contribution is 5.81. The minimum absolute atomic E-state index is 0.240. The lowest BCUT2D eigenvalue weighted by Gasteiger charge is -2.49. The molecule has 0 aromatic carbocycles. The van der Waals surface area contributed by atoms with Crippen LogP contribution in [0.5, 0.6) is 0 Å². The average molecular weight is 696 g/mol. The maximum atomic E-state index is 13.3. The molecule has 0 saturated heterocycles. The molecule has 2 saturated carbocycles. The summed E-state index contributed by atoms with van der Waals surface area (Å²) in [5.41, 5.74) is 0. The molecule has 4 nitrogen and oxygen atoms in total. The number of halogens is 20. The molecule has 0 N–H and O–H groups in total. The monoisotopic (exact) mass is 696 g/mol. The Kier molecular flexibility index (Phi) is 9.61. The first-order valence-corrected chi connectivity index (χ1v) is 10.5. The molecule has 0 spiro atoms. The Morgan fingerprint density at radius 1 is 0.432 bits per heavy atom. The van der Waals surface area contributed by atoms with E-state index in [0.717, 1.165) is 0 Å². The standard InChI is InChI=1S/2C10H6F10O2/c2*1-2-5(21)22-3-4-6(11,12)8(15,16)10(19,20)9(17,18)7(4,13)14/h2*2,4H,1,3H2. The Morgan fingerprint density at radius 3 is 0.773 bits per heavy atom. The highest BCUT2D eigenvalue weighted by Crippen LogP contribution is 2.68. The summed E-state index contributed by atoms with van der Waals surface area (Å²) in [5, 5.41) is 0. The summed E-state index contributed by atoms with van der Waals surface area (Å²) in [7, 11) is 0. The molecule has 0 unspecified atom stereocenters. The first-order chi connectivity index (χ1) is 19.2. The fraction of sp³-hybridized carbons (Fsp3) is 0.700. The molecule has 0 aromatic heterocycles. The van der Waals surface area contributed by atoms with Crippen LogP contribution in [0.25, 0.3) is 0 Å². The summed E-state index contributed by atoms with van der Waals surface area (Å²) in [5.74, 6) is -78.4. The third kappa shape index (κ3) is 4.92. The summed E-state index contributed by atoms with van der Waals surface area (Å²) in [6.07, 6.45) is 0.480. The van der Waals surface area contributed by atoms with Crippen LogP contribution in [0.1, 0.15) is 0 Å².